The average molecular weight is 198 g/mol. The number of rotatable bonds is 2. The molecule has 0 bridgehead atoms. The first-order chi connectivity index (χ1) is 7.25. The maximum Gasteiger partial charge on any atom is 0.132 e. The second-order valence-electron chi connectivity index (χ2n) is 3.72. The molecule has 0 atom stereocenters. The van der Waals surface area contributed by atoms with E-state index in [1.807, 2.05) is 19.2 Å². The largest absolute Gasteiger partial charge is 0.241 e. The molecule has 0 aliphatic carbocycles. The molecule has 0 aliphatic rings. The van der Waals surface area contributed by atoms with Crippen LogP contribution in [-0.2, 0) is 6.42 Å². The summed E-state index contributed by atoms with van der Waals surface area (Å²) in [7, 11) is 0. The molecular weight excluding hydrogens is 184 g/mol. The van der Waals surface area contributed by atoms with E-state index in [1.54, 1.807) is 0 Å². The van der Waals surface area contributed by atoms with Crippen molar-refractivity contribution in [2.45, 2.75) is 20.3 Å². The lowest BCUT2D eigenvalue weighted by atomic mass is 10.1. The highest BCUT2D eigenvalue weighted by atomic mass is 14.9. The normalized spacial score (nSPS) is 10.3. The fraction of sp³-hybridized carbons (Fsp3) is 0.231. The molecule has 0 unspecified atom stereocenters. The van der Waals surface area contributed by atoms with Crippen LogP contribution in [0.5, 0.6) is 0 Å². The highest BCUT2D eigenvalue weighted by molar-refractivity contribution is 5.28. The van der Waals surface area contributed by atoms with Gasteiger partial charge in [-0.2, -0.15) is 0 Å². The number of nitrogens with zero attached hydrogens (tertiary/aromatic N) is 2. The van der Waals surface area contributed by atoms with E-state index in [-0.39, 0.29) is 0 Å². The summed E-state index contributed by atoms with van der Waals surface area (Å²) >= 11 is 0. The third-order valence-electron chi connectivity index (χ3n) is 2.45. The van der Waals surface area contributed by atoms with Gasteiger partial charge in [0.1, 0.15) is 5.82 Å². The first-order valence-electron chi connectivity index (χ1n) is 5.09. The van der Waals surface area contributed by atoms with E-state index in [1.165, 1.54) is 11.1 Å². The third kappa shape index (κ3) is 2.40. The minimum Gasteiger partial charge on any atom is -0.241 e. The van der Waals surface area contributed by atoms with Gasteiger partial charge in [-0.25, -0.2) is 9.97 Å². The zero-order valence-corrected chi connectivity index (χ0v) is 9.07. The Kier molecular flexibility index (Phi) is 2.77. The first kappa shape index (κ1) is 9.84. The van der Waals surface area contributed by atoms with Crippen molar-refractivity contribution >= 4 is 0 Å². The van der Waals surface area contributed by atoms with E-state index in [0.29, 0.717) is 0 Å². The maximum atomic E-state index is 4.40. The molecule has 15 heavy (non-hydrogen) atoms. The van der Waals surface area contributed by atoms with Crippen molar-refractivity contribution in [3.05, 3.63) is 59.2 Å². The molecule has 2 aromatic rings. The van der Waals surface area contributed by atoms with Crippen molar-refractivity contribution in [2.24, 2.45) is 0 Å². The van der Waals surface area contributed by atoms with Crippen LogP contribution in [0.25, 0.3) is 0 Å². The molecule has 0 amide bonds. The van der Waals surface area contributed by atoms with E-state index in [0.717, 1.165) is 17.9 Å². The van der Waals surface area contributed by atoms with Gasteiger partial charge in [-0.3, -0.25) is 0 Å². The third-order valence-corrected chi connectivity index (χ3v) is 2.45. The van der Waals surface area contributed by atoms with Crippen LogP contribution >= 0.6 is 0 Å². The van der Waals surface area contributed by atoms with Gasteiger partial charge in [-0.15, -0.1) is 0 Å². The predicted molar refractivity (Wildman–Crippen MR) is 60.8 cm³/mol. The first-order valence-corrected chi connectivity index (χ1v) is 5.09. The van der Waals surface area contributed by atoms with Gasteiger partial charge in [0.2, 0.25) is 0 Å². The Labute approximate surface area is 90.0 Å². The van der Waals surface area contributed by atoms with E-state index in [4.69, 9.17) is 0 Å². The molecule has 0 aliphatic heterocycles. The number of benzene rings is 1. The summed E-state index contributed by atoms with van der Waals surface area (Å²) in [6, 6.07) is 10.3. The second-order valence-corrected chi connectivity index (χ2v) is 3.72. The lowest BCUT2D eigenvalue weighted by molar-refractivity contribution is 0.936. The Balaban J connectivity index is 2.26. The van der Waals surface area contributed by atoms with Crippen LogP contribution in [-0.4, -0.2) is 9.97 Å². The lowest BCUT2D eigenvalue weighted by Crippen LogP contribution is -1.98. The highest BCUT2D eigenvalue weighted by Gasteiger charge is 2.01. The van der Waals surface area contributed by atoms with Crippen LogP contribution in [0.1, 0.15) is 22.6 Å². The van der Waals surface area contributed by atoms with Gasteiger partial charge in [0.15, 0.2) is 0 Å². The van der Waals surface area contributed by atoms with Crippen molar-refractivity contribution in [3.63, 3.8) is 0 Å². The zero-order chi connectivity index (χ0) is 10.7. The topological polar surface area (TPSA) is 25.8 Å². The van der Waals surface area contributed by atoms with Crippen LogP contribution in [0, 0.1) is 13.8 Å². The molecule has 2 rings (SSSR count). The van der Waals surface area contributed by atoms with E-state index in [2.05, 4.69) is 41.2 Å². The SMILES string of the molecule is Cc1ccnc(Cc2ccccc2C)n1. The number of aromatic nitrogens is 2. The fourth-order valence-electron chi connectivity index (χ4n) is 1.56. The van der Waals surface area contributed by atoms with Gasteiger partial charge in [0, 0.05) is 18.3 Å². The summed E-state index contributed by atoms with van der Waals surface area (Å²) in [5.74, 6) is 0.893. The summed E-state index contributed by atoms with van der Waals surface area (Å²) in [6.45, 7) is 4.11. The molecule has 1 heterocycles. The quantitative estimate of drug-likeness (QED) is 0.741. The Hall–Kier alpha value is -1.70. The average Bonchev–Trinajstić information content (AvgIpc) is 2.22. The van der Waals surface area contributed by atoms with Crippen LogP contribution in [0.15, 0.2) is 36.5 Å². The molecule has 1 aromatic heterocycles. The number of hydrogen-bond acceptors (Lipinski definition) is 2. The van der Waals surface area contributed by atoms with Gasteiger partial charge in [0.25, 0.3) is 0 Å². The fourth-order valence-corrected chi connectivity index (χ4v) is 1.56. The van der Waals surface area contributed by atoms with Gasteiger partial charge in [0.05, 0.1) is 0 Å². The maximum absolute atomic E-state index is 4.40. The molecule has 0 radical (unpaired) electrons. The van der Waals surface area contributed by atoms with Crippen LogP contribution in [0.4, 0.5) is 0 Å². The smallest absolute Gasteiger partial charge is 0.132 e. The molecule has 76 valence electrons. The van der Waals surface area contributed by atoms with Crippen molar-refractivity contribution in [3.8, 4) is 0 Å². The van der Waals surface area contributed by atoms with Crippen molar-refractivity contribution in [2.75, 3.05) is 0 Å². The molecule has 0 saturated carbocycles. The van der Waals surface area contributed by atoms with Gasteiger partial charge >= 0.3 is 0 Å². The van der Waals surface area contributed by atoms with Crippen molar-refractivity contribution < 1.29 is 0 Å². The Morgan fingerprint density at radius 1 is 1.07 bits per heavy atom. The van der Waals surface area contributed by atoms with Crippen molar-refractivity contribution in [1.82, 2.24) is 9.97 Å². The summed E-state index contributed by atoms with van der Waals surface area (Å²) < 4.78 is 0. The van der Waals surface area contributed by atoms with Gasteiger partial charge in [-0.1, -0.05) is 24.3 Å². The monoisotopic (exact) mass is 198 g/mol. The van der Waals surface area contributed by atoms with Crippen LogP contribution in [0.2, 0.25) is 0 Å². The highest BCUT2D eigenvalue weighted by Crippen LogP contribution is 2.10. The Morgan fingerprint density at radius 2 is 1.87 bits per heavy atom. The van der Waals surface area contributed by atoms with E-state index < -0.39 is 0 Å². The predicted octanol–water partition coefficient (Wildman–Crippen LogP) is 2.68. The molecule has 1 aromatic carbocycles. The molecule has 0 saturated heterocycles. The molecule has 2 nitrogen and oxygen atoms in total. The Morgan fingerprint density at radius 3 is 2.60 bits per heavy atom. The minimum atomic E-state index is 0.814. The Bertz CT molecular complexity index is 464. The summed E-state index contributed by atoms with van der Waals surface area (Å²) in [6.07, 6.45) is 2.63. The van der Waals surface area contributed by atoms with E-state index >= 15 is 0 Å². The minimum absolute atomic E-state index is 0.814. The molecule has 0 fully saturated rings. The summed E-state index contributed by atoms with van der Waals surface area (Å²) in [5.41, 5.74) is 3.61. The van der Waals surface area contributed by atoms with Gasteiger partial charge in [-0.05, 0) is 31.0 Å². The molecule has 0 N–H and O–H groups in total. The zero-order valence-electron chi connectivity index (χ0n) is 9.07. The lowest BCUT2D eigenvalue weighted by Gasteiger charge is -2.04. The molecular formula is C13H14N2. The number of hydrogen-bond donors (Lipinski definition) is 0. The van der Waals surface area contributed by atoms with Gasteiger partial charge < -0.3 is 0 Å². The van der Waals surface area contributed by atoms with Crippen LogP contribution < -0.4 is 0 Å². The number of aryl methyl sites for hydroxylation is 2. The molecule has 2 heteroatoms. The second kappa shape index (κ2) is 4.22. The summed E-state index contributed by atoms with van der Waals surface area (Å²) in [4.78, 5) is 8.66. The molecule has 0 spiro atoms. The van der Waals surface area contributed by atoms with Crippen molar-refractivity contribution in [1.29, 1.82) is 0 Å². The van der Waals surface area contributed by atoms with Crippen LogP contribution in [0.3, 0.4) is 0 Å². The summed E-state index contributed by atoms with van der Waals surface area (Å²) in [5, 5.41) is 0. The standard InChI is InChI=1S/C13H14N2/c1-10-5-3-4-6-12(10)9-13-14-8-7-11(2)15-13/h3-8H,9H2,1-2H3. The van der Waals surface area contributed by atoms with E-state index in [9.17, 15) is 0 Å².